The second kappa shape index (κ2) is 10.0. The highest BCUT2D eigenvalue weighted by Crippen LogP contribution is 2.30. The van der Waals surface area contributed by atoms with Crippen LogP contribution in [0.25, 0.3) is 6.08 Å². The lowest BCUT2D eigenvalue weighted by molar-refractivity contribution is -0.132. The first kappa shape index (κ1) is 22.7. The van der Waals surface area contributed by atoms with Crippen LogP contribution in [-0.4, -0.2) is 28.8 Å². The maximum atomic E-state index is 13.0. The van der Waals surface area contributed by atoms with Crippen molar-refractivity contribution in [3.63, 3.8) is 0 Å². The molecule has 33 heavy (non-hydrogen) atoms. The summed E-state index contributed by atoms with van der Waals surface area (Å²) in [6.07, 6.45) is 6.01. The fourth-order valence-electron chi connectivity index (χ4n) is 4.14. The van der Waals surface area contributed by atoms with E-state index in [2.05, 4.69) is 27.3 Å². The monoisotopic (exact) mass is 507 g/mol. The molecule has 2 aromatic carbocycles. The molecule has 7 nitrogen and oxygen atoms in total. The van der Waals surface area contributed by atoms with Gasteiger partial charge in [-0.3, -0.25) is 19.8 Å². The van der Waals surface area contributed by atoms with Gasteiger partial charge in [0, 0.05) is 11.6 Å². The van der Waals surface area contributed by atoms with Gasteiger partial charge in [0.05, 0.1) is 16.1 Å². The summed E-state index contributed by atoms with van der Waals surface area (Å²) >= 11 is 3.47. The molecule has 1 N–H and O–H groups in total. The molecule has 1 saturated heterocycles. The number of nitriles is 1. The van der Waals surface area contributed by atoms with Gasteiger partial charge in [0.15, 0.2) is 0 Å². The van der Waals surface area contributed by atoms with Crippen molar-refractivity contribution < 1.29 is 19.1 Å². The van der Waals surface area contributed by atoms with Gasteiger partial charge in [-0.05, 0) is 58.6 Å². The van der Waals surface area contributed by atoms with Gasteiger partial charge in [-0.15, -0.1) is 0 Å². The Morgan fingerprint density at radius 2 is 1.88 bits per heavy atom. The van der Waals surface area contributed by atoms with Gasteiger partial charge >= 0.3 is 6.03 Å². The average Bonchev–Trinajstić information content (AvgIpc) is 2.82. The van der Waals surface area contributed by atoms with E-state index in [1.54, 1.807) is 30.3 Å². The lowest BCUT2D eigenvalue weighted by atomic mass is 9.93. The molecule has 4 rings (SSSR count). The number of carbonyl (C=O) groups is 3. The molecule has 1 heterocycles. The van der Waals surface area contributed by atoms with Crippen LogP contribution in [0.1, 0.15) is 48.8 Å². The molecule has 0 radical (unpaired) electrons. The van der Waals surface area contributed by atoms with Crippen LogP contribution in [0.2, 0.25) is 0 Å². The van der Waals surface area contributed by atoms with E-state index in [9.17, 15) is 19.6 Å². The molecule has 0 bridgehead atoms. The number of rotatable bonds is 5. The first-order valence-corrected chi connectivity index (χ1v) is 11.6. The number of amides is 4. The first-order valence-electron chi connectivity index (χ1n) is 10.8. The number of halogens is 1. The smallest absolute Gasteiger partial charge is 0.331 e. The van der Waals surface area contributed by atoms with Crippen LogP contribution in [0.4, 0.5) is 4.79 Å². The molecular weight excluding hydrogens is 486 g/mol. The van der Waals surface area contributed by atoms with Gasteiger partial charge in [-0.1, -0.05) is 43.5 Å². The zero-order valence-electron chi connectivity index (χ0n) is 17.8. The summed E-state index contributed by atoms with van der Waals surface area (Å²) in [5, 5.41) is 11.5. The molecule has 0 unspecified atom stereocenters. The summed E-state index contributed by atoms with van der Waals surface area (Å²) in [6, 6.07) is 13.7. The minimum Gasteiger partial charge on any atom is -0.488 e. The van der Waals surface area contributed by atoms with Crippen LogP contribution in [0.5, 0.6) is 5.75 Å². The van der Waals surface area contributed by atoms with Crippen molar-refractivity contribution in [1.29, 1.82) is 5.26 Å². The van der Waals surface area contributed by atoms with Crippen molar-refractivity contribution in [2.45, 2.75) is 44.8 Å². The molecule has 8 heteroatoms. The molecule has 1 aliphatic carbocycles. The number of nitrogens with one attached hydrogen (secondary N) is 1. The van der Waals surface area contributed by atoms with Crippen LogP contribution in [0.3, 0.4) is 0 Å². The van der Waals surface area contributed by atoms with Gasteiger partial charge in [0.1, 0.15) is 17.9 Å². The summed E-state index contributed by atoms with van der Waals surface area (Å²) < 4.78 is 6.48. The van der Waals surface area contributed by atoms with Gasteiger partial charge in [0.25, 0.3) is 11.8 Å². The Labute approximate surface area is 200 Å². The predicted octanol–water partition coefficient (Wildman–Crippen LogP) is 4.69. The Kier molecular flexibility index (Phi) is 6.90. The molecule has 2 aromatic rings. The van der Waals surface area contributed by atoms with Crippen molar-refractivity contribution in [3.8, 4) is 11.8 Å². The zero-order chi connectivity index (χ0) is 23.4. The molecular formula is C25H22BrN3O4. The number of ether oxygens (including phenoxy) is 1. The number of urea groups is 1. The van der Waals surface area contributed by atoms with E-state index in [1.807, 2.05) is 12.1 Å². The fraction of sp³-hybridized carbons (Fsp3) is 0.280. The Bertz CT molecular complexity index is 1180. The predicted molar refractivity (Wildman–Crippen MR) is 125 cm³/mol. The number of hydrogen-bond donors (Lipinski definition) is 1. The quantitative estimate of drug-likeness (QED) is 0.467. The Balaban J connectivity index is 1.52. The number of barbiturate groups is 1. The van der Waals surface area contributed by atoms with Crippen molar-refractivity contribution in [2.24, 2.45) is 0 Å². The minimum absolute atomic E-state index is 0.0660. The van der Waals surface area contributed by atoms with Crippen molar-refractivity contribution >= 4 is 39.9 Å². The van der Waals surface area contributed by atoms with Gasteiger partial charge < -0.3 is 4.74 Å². The van der Waals surface area contributed by atoms with E-state index in [0.29, 0.717) is 21.3 Å². The molecule has 0 spiro atoms. The van der Waals surface area contributed by atoms with Crippen LogP contribution >= 0.6 is 15.9 Å². The number of nitrogens with zero attached hydrogens (tertiary/aromatic N) is 2. The van der Waals surface area contributed by atoms with E-state index < -0.39 is 17.8 Å². The highest BCUT2D eigenvalue weighted by Gasteiger charge is 2.40. The molecule has 168 valence electrons. The highest BCUT2D eigenvalue weighted by molar-refractivity contribution is 9.10. The minimum atomic E-state index is -0.693. The summed E-state index contributed by atoms with van der Waals surface area (Å²) in [7, 11) is 0. The summed E-state index contributed by atoms with van der Waals surface area (Å²) in [5.74, 6) is -0.690. The van der Waals surface area contributed by atoms with Crippen LogP contribution in [-0.2, 0) is 16.2 Å². The largest absolute Gasteiger partial charge is 0.488 e. The van der Waals surface area contributed by atoms with E-state index in [4.69, 9.17) is 4.74 Å². The number of hydrogen-bond acceptors (Lipinski definition) is 5. The van der Waals surface area contributed by atoms with Crippen molar-refractivity contribution in [3.05, 3.63) is 69.2 Å². The topological polar surface area (TPSA) is 99.5 Å². The summed E-state index contributed by atoms with van der Waals surface area (Å²) in [6.45, 7) is 0.224. The second-order valence-electron chi connectivity index (χ2n) is 8.03. The Hall–Kier alpha value is -3.44. The number of imide groups is 2. The first-order chi connectivity index (χ1) is 16.0. The van der Waals surface area contributed by atoms with E-state index >= 15 is 0 Å². The standard InChI is InChI=1S/C25H22BrN3O4/c26-21-13-16(10-11-22(21)33-15-18-7-5-4-6-17(18)14-27)12-20-23(30)28-25(32)29(24(20)31)19-8-2-1-3-9-19/h4-7,10-13,19H,1-3,8-9,15H2,(H,28,30,32)/b20-12+. The van der Waals surface area contributed by atoms with Crippen molar-refractivity contribution in [1.82, 2.24) is 10.2 Å². The van der Waals surface area contributed by atoms with E-state index in [-0.39, 0.29) is 18.2 Å². The molecule has 2 aliphatic rings. The van der Waals surface area contributed by atoms with Crippen LogP contribution in [0, 0.1) is 11.3 Å². The number of carbonyl (C=O) groups excluding carboxylic acids is 3. The number of benzene rings is 2. The molecule has 0 atom stereocenters. The normalized spacial score (nSPS) is 18.2. The second-order valence-corrected chi connectivity index (χ2v) is 8.89. The van der Waals surface area contributed by atoms with Crippen molar-refractivity contribution in [2.75, 3.05) is 0 Å². The maximum Gasteiger partial charge on any atom is 0.331 e. The molecule has 0 aromatic heterocycles. The third-order valence-electron chi connectivity index (χ3n) is 5.86. The molecule has 2 fully saturated rings. The molecule has 4 amide bonds. The maximum absolute atomic E-state index is 13.0. The van der Waals surface area contributed by atoms with Crippen LogP contribution in [0.15, 0.2) is 52.5 Å². The fourth-order valence-corrected chi connectivity index (χ4v) is 4.65. The third-order valence-corrected chi connectivity index (χ3v) is 6.48. The SMILES string of the molecule is N#Cc1ccccc1COc1ccc(/C=C2\C(=O)NC(=O)N(C3CCCCC3)C2=O)cc1Br. The van der Waals surface area contributed by atoms with Gasteiger partial charge in [-0.2, -0.15) is 5.26 Å². The summed E-state index contributed by atoms with van der Waals surface area (Å²) in [5.41, 5.74) is 1.87. The lowest BCUT2D eigenvalue weighted by Gasteiger charge is -2.35. The molecule has 1 saturated carbocycles. The van der Waals surface area contributed by atoms with E-state index in [0.717, 1.165) is 37.7 Å². The average molecular weight is 508 g/mol. The lowest BCUT2D eigenvalue weighted by Crippen LogP contribution is -2.58. The Morgan fingerprint density at radius 3 is 2.61 bits per heavy atom. The highest BCUT2D eigenvalue weighted by atomic mass is 79.9. The molecule has 1 aliphatic heterocycles. The van der Waals surface area contributed by atoms with Crippen LogP contribution < -0.4 is 10.1 Å². The van der Waals surface area contributed by atoms with Gasteiger partial charge in [-0.25, -0.2) is 4.79 Å². The van der Waals surface area contributed by atoms with E-state index in [1.165, 1.54) is 11.0 Å². The van der Waals surface area contributed by atoms with Gasteiger partial charge in [0.2, 0.25) is 0 Å². The third kappa shape index (κ3) is 4.99. The Morgan fingerprint density at radius 1 is 1.12 bits per heavy atom. The summed E-state index contributed by atoms with van der Waals surface area (Å²) in [4.78, 5) is 39.0. The zero-order valence-corrected chi connectivity index (χ0v) is 19.4.